The lowest BCUT2D eigenvalue weighted by atomic mass is 9.82. The molecule has 0 bridgehead atoms. The van der Waals surface area contributed by atoms with E-state index in [0.717, 1.165) is 53.6 Å². The molecule has 10 heteroatoms. The average molecular weight is 593 g/mol. The van der Waals surface area contributed by atoms with Crippen LogP contribution in [0, 0.1) is 0 Å². The van der Waals surface area contributed by atoms with Crippen LogP contribution in [-0.2, 0) is 32.3 Å². The topological polar surface area (TPSA) is 127 Å². The van der Waals surface area contributed by atoms with Crippen molar-refractivity contribution in [3.05, 3.63) is 83.9 Å². The number of pyridine rings is 2. The van der Waals surface area contributed by atoms with Crippen molar-refractivity contribution < 1.29 is 27.4 Å². The van der Waals surface area contributed by atoms with Crippen molar-refractivity contribution in [3.63, 3.8) is 0 Å². The molecule has 2 aliphatic rings. The van der Waals surface area contributed by atoms with Crippen LogP contribution in [-0.4, -0.2) is 47.0 Å². The first-order valence-corrected chi connectivity index (χ1v) is 16.0. The molecular weight excluding hydrogens is 552 g/mol. The monoisotopic (exact) mass is 592 g/mol. The van der Waals surface area contributed by atoms with Crippen molar-refractivity contribution in [2.75, 3.05) is 17.2 Å². The fraction of sp³-hybridized carbons (Fsp3) is 0.438. The maximum atomic E-state index is 11.2. The zero-order valence-electron chi connectivity index (χ0n) is 24.8. The molecule has 0 aromatic carbocycles. The molecule has 4 heterocycles. The van der Waals surface area contributed by atoms with Gasteiger partial charge in [0.2, 0.25) is 0 Å². The van der Waals surface area contributed by atoms with E-state index in [0.29, 0.717) is 13.0 Å². The number of rotatable bonds is 13. The minimum atomic E-state index is -4.29. The minimum Gasteiger partial charge on any atom is -0.748 e. The minimum absolute atomic E-state index is 0.201. The number of unbranched alkanes of at least 4 members (excludes halogenated alkanes) is 2. The Balaban J connectivity index is 1.49. The van der Waals surface area contributed by atoms with Gasteiger partial charge in [-0.15, -0.1) is 0 Å². The molecule has 4 rings (SSSR count). The molecule has 2 aromatic heterocycles. The van der Waals surface area contributed by atoms with E-state index in [-0.39, 0.29) is 23.7 Å². The first-order valence-electron chi connectivity index (χ1n) is 14.4. The van der Waals surface area contributed by atoms with Crippen molar-refractivity contribution in [2.45, 2.75) is 77.2 Å². The Hall–Kier alpha value is -3.63. The fourth-order valence-corrected chi connectivity index (χ4v) is 6.16. The van der Waals surface area contributed by atoms with Crippen LogP contribution < -0.4 is 9.47 Å². The second-order valence-electron chi connectivity index (χ2n) is 11.8. The lowest BCUT2D eigenvalue weighted by molar-refractivity contribution is -0.684. The molecule has 0 amide bonds. The molecule has 2 aliphatic heterocycles. The molecule has 0 radical (unpaired) electrons. The highest BCUT2D eigenvalue weighted by atomic mass is 32.2. The van der Waals surface area contributed by atoms with Crippen molar-refractivity contribution in [2.24, 2.45) is 4.99 Å². The van der Waals surface area contributed by atoms with Crippen LogP contribution in [0.15, 0.2) is 77.7 Å². The third-order valence-corrected chi connectivity index (χ3v) is 8.81. The van der Waals surface area contributed by atoms with E-state index in [1.54, 1.807) is 6.20 Å². The predicted octanol–water partition coefficient (Wildman–Crippen LogP) is 5.11. The van der Waals surface area contributed by atoms with Gasteiger partial charge in [-0.05, 0) is 74.9 Å². The summed E-state index contributed by atoms with van der Waals surface area (Å²) in [6.45, 7) is 9.72. The van der Waals surface area contributed by atoms with E-state index < -0.39 is 21.8 Å². The number of aromatic nitrogens is 2. The summed E-state index contributed by atoms with van der Waals surface area (Å²) in [7, 11) is -4.29. The highest BCUT2D eigenvalue weighted by molar-refractivity contribution is 7.85. The molecule has 0 spiro atoms. The van der Waals surface area contributed by atoms with E-state index in [9.17, 15) is 17.8 Å². The zero-order valence-corrected chi connectivity index (χ0v) is 25.6. The Labute approximate surface area is 248 Å². The quantitative estimate of drug-likeness (QED) is 0.148. The normalized spacial score (nSPS) is 18.2. The van der Waals surface area contributed by atoms with Crippen molar-refractivity contribution >= 4 is 33.4 Å². The molecule has 0 saturated carbocycles. The average Bonchev–Trinajstić information content (AvgIpc) is 3.30. The highest BCUT2D eigenvalue weighted by Crippen LogP contribution is 2.46. The summed E-state index contributed by atoms with van der Waals surface area (Å²) in [5.41, 5.74) is 3.56. The van der Waals surface area contributed by atoms with Gasteiger partial charge in [0.15, 0.2) is 5.71 Å². The Kier molecular flexibility index (Phi) is 9.47. The van der Waals surface area contributed by atoms with E-state index >= 15 is 0 Å². The molecule has 9 nitrogen and oxygen atoms in total. The summed E-state index contributed by atoms with van der Waals surface area (Å²) in [6, 6.07) is 8.08. The number of anilines is 1. The van der Waals surface area contributed by atoms with E-state index in [4.69, 9.17) is 10.1 Å². The number of hydrogen-bond acceptors (Lipinski definition) is 7. The number of aliphatic imine (C=N–C) groups is 1. The van der Waals surface area contributed by atoms with E-state index in [2.05, 4.69) is 43.3 Å². The number of nitrogens with zero attached hydrogens (tertiary/aromatic N) is 4. The Morgan fingerprint density at radius 2 is 1.79 bits per heavy atom. The molecule has 1 N–H and O–H groups in total. The predicted molar refractivity (Wildman–Crippen MR) is 163 cm³/mol. The fourth-order valence-electron chi connectivity index (χ4n) is 5.68. The molecule has 0 unspecified atom stereocenters. The molecule has 0 saturated heterocycles. The smallest absolute Gasteiger partial charge is 0.327 e. The number of carbonyl (C=O) groups is 1. The van der Waals surface area contributed by atoms with Gasteiger partial charge in [-0.3, -0.25) is 4.79 Å². The largest absolute Gasteiger partial charge is 0.748 e. The summed E-state index contributed by atoms with van der Waals surface area (Å²) in [5, 5.41) is 8.86. The molecular formula is C32H40N4O5S. The maximum absolute atomic E-state index is 11.2. The van der Waals surface area contributed by atoms with Gasteiger partial charge in [0.1, 0.15) is 5.82 Å². The Morgan fingerprint density at radius 3 is 2.52 bits per heavy atom. The number of hydrogen-bond donors (Lipinski definition) is 1. The van der Waals surface area contributed by atoms with Crippen LogP contribution >= 0.6 is 0 Å². The highest BCUT2D eigenvalue weighted by Gasteiger charge is 2.42. The summed E-state index contributed by atoms with van der Waals surface area (Å²) < 4.78 is 35.7. The van der Waals surface area contributed by atoms with Crippen LogP contribution in [0.1, 0.15) is 70.9 Å². The number of fused-ring (bicyclic) bond motifs is 2. The number of aliphatic carboxylic acids is 1. The summed E-state index contributed by atoms with van der Waals surface area (Å²) in [6.07, 6.45) is 16.5. The maximum Gasteiger partial charge on any atom is 0.327 e. The Bertz CT molecular complexity index is 1550. The van der Waals surface area contributed by atoms with Gasteiger partial charge in [-0.25, -0.2) is 18.0 Å². The summed E-state index contributed by atoms with van der Waals surface area (Å²) >= 11 is 0. The number of aryl methyl sites for hydroxylation is 1. The molecule has 224 valence electrons. The first-order chi connectivity index (χ1) is 19.8. The lowest BCUT2D eigenvalue weighted by Crippen LogP contribution is -2.34. The summed E-state index contributed by atoms with van der Waals surface area (Å²) in [5.74, 6) is 0.565. The van der Waals surface area contributed by atoms with E-state index in [1.165, 1.54) is 0 Å². The SMILES string of the molecule is CC1(C)C(/C=C/C=C/C=C2/N(CCCS(=O)(=O)[O-])c3ncccc3C2(C)C)=Nc2c1ccc[n+]2CCCCCC(=O)O. The zero-order chi connectivity index (χ0) is 30.5. The van der Waals surface area contributed by atoms with Gasteiger partial charge >= 0.3 is 11.8 Å². The van der Waals surface area contributed by atoms with Gasteiger partial charge in [-0.2, -0.15) is 0 Å². The van der Waals surface area contributed by atoms with Crippen LogP contribution in [0.3, 0.4) is 0 Å². The molecule has 0 atom stereocenters. The first kappa shape index (κ1) is 31.3. The van der Waals surface area contributed by atoms with Crippen LogP contribution in [0.5, 0.6) is 0 Å². The second-order valence-corrected chi connectivity index (χ2v) is 13.4. The third-order valence-electron chi connectivity index (χ3n) is 8.02. The van der Waals surface area contributed by atoms with Crippen LogP contribution in [0.2, 0.25) is 0 Å². The number of allylic oxidation sites excluding steroid dienone is 6. The summed E-state index contributed by atoms with van der Waals surface area (Å²) in [4.78, 5) is 22.3. The van der Waals surface area contributed by atoms with Gasteiger partial charge in [-0.1, -0.05) is 38.1 Å². The number of carboxylic acids is 1. The molecule has 0 aliphatic carbocycles. The van der Waals surface area contributed by atoms with Gasteiger partial charge in [0.05, 0.1) is 33.8 Å². The Morgan fingerprint density at radius 1 is 1.02 bits per heavy atom. The standard InChI is InChI=1S/C32H40N4O5S/c1-31(2)25-15-12-21-35(20-10-6-9-18-28(37)38)30(25)34-26(31)16-7-5-8-17-27-32(3,4)24-14-11-19-33-29(24)36(27)22-13-23-42(39,40)41/h5,7-8,11-12,14-17,19,21H,6,9-10,13,18,20,22-23H2,1-4H3,(H-,37,38,39,40,41). The molecule has 0 fully saturated rings. The molecule has 42 heavy (non-hydrogen) atoms. The van der Waals surface area contributed by atoms with Crippen molar-refractivity contribution in [1.82, 2.24) is 4.98 Å². The second kappa shape index (κ2) is 12.7. The van der Waals surface area contributed by atoms with Crippen molar-refractivity contribution in [3.8, 4) is 0 Å². The number of carboxylic acid groups (broad SMARTS) is 1. The van der Waals surface area contributed by atoms with Crippen LogP contribution in [0.4, 0.5) is 11.6 Å². The lowest BCUT2D eigenvalue weighted by Gasteiger charge is -2.26. The van der Waals surface area contributed by atoms with Gasteiger partial charge < -0.3 is 14.6 Å². The van der Waals surface area contributed by atoms with E-state index in [1.807, 2.05) is 59.7 Å². The van der Waals surface area contributed by atoms with Gasteiger partial charge in [0.25, 0.3) is 0 Å². The van der Waals surface area contributed by atoms with Gasteiger partial charge in [0, 0.05) is 41.6 Å². The van der Waals surface area contributed by atoms with Crippen molar-refractivity contribution in [1.29, 1.82) is 0 Å². The van der Waals surface area contributed by atoms with Crippen LogP contribution in [0.25, 0.3) is 0 Å². The third kappa shape index (κ3) is 7.04. The molecule has 2 aromatic rings.